The fourth-order valence-corrected chi connectivity index (χ4v) is 6.03. The average molecular weight is 499 g/mol. The van der Waals surface area contributed by atoms with Crippen molar-refractivity contribution >= 4 is 27.5 Å². The van der Waals surface area contributed by atoms with Crippen LogP contribution in [0.4, 0.5) is 0 Å². The Morgan fingerprint density at radius 3 is 2.03 bits per heavy atom. The molecule has 180 valence electrons. The summed E-state index contributed by atoms with van der Waals surface area (Å²) < 4.78 is 28.9. The third kappa shape index (κ3) is 6.26. The van der Waals surface area contributed by atoms with Crippen molar-refractivity contribution in [3.05, 3.63) is 99.1 Å². The summed E-state index contributed by atoms with van der Waals surface area (Å²) in [4.78, 5) is 13.3. The van der Waals surface area contributed by atoms with Gasteiger partial charge in [0.2, 0.25) is 15.9 Å². The molecule has 3 rings (SSSR count). The van der Waals surface area contributed by atoms with E-state index >= 15 is 0 Å². The number of hydrogen-bond donors (Lipinski definition) is 1. The number of benzene rings is 3. The lowest BCUT2D eigenvalue weighted by Crippen LogP contribution is -2.41. The summed E-state index contributed by atoms with van der Waals surface area (Å²) in [6.45, 7) is 9.15. The Morgan fingerprint density at radius 2 is 1.47 bits per heavy atom. The van der Waals surface area contributed by atoms with E-state index in [4.69, 9.17) is 11.6 Å². The highest BCUT2D eigenvalue weighted by Gasteiger charge is 2.30. The number of hydrogen-bond acceptors (Lipinski definition) is 3. The van der Waals surface area contributed by atoms with Gasteiger partial charge in [0.1, 0.15) is 0 Å². The molecule has 0 aliphatic heterocycles. The minimum atomic E-state index is -3.93. The van der Waals surface area contributed by atoms with E-state index < -0.39 is 10.0 Å². The van der Waals surface area contributed by atoms with Crippen LogP contribution in [0, 0.1) is 27.7 Å². The largest absolute Gasteiger partial charge is 0.348 e. The van der Waals surface area contributed by atoms with Gasteiger partial charge in [-0.1, -0.05) is 71.3 Å². The van der Waals surface area contributed by atoms with Gasteiger partial charge >= 0.3 is 0 Å². The molecule has 0 saturated carbocycles. The second-order valence-electron chi connectivity index (χ2n) is 8.83. The number of halogens is 1. The van der Waals surface area contributed by atoms with Crippen LogP contribution in [-0.2, 0) is 21.4 Å². The molecule has 1 atom stereocenters. The smallest absolute Gasteiger partial charge is 0.244 e. The number of carbonyl (C=O) groups is 1. The Balaban J connectivity index is 1.91. The summed E-state index contributed by atoms with van der Waals surface area (Å²) in [6, 6.07) is 18.3. The Bertz CT molecular complexity index is 1250. The van der Waals surface area contributed by atoms with Crippen molar-refractivity contribution in [2.45, 2.75) is 52.1 Å². The number of nitrogens with one attached hydrogen (secondary N) is 1. The number of sulfonamides is 1. The molecule has 0 spiro atoms. The lowest BCUT2D eigenvalue weighted by Gasteiger charge is -2.25. The molecule has 0 fully saturated rings. The molecule has 0 heterocycles. The monoisotopic (exact) mass is 498 g/mol. The fraction of sp³-hybridized carbons (Fsp3) is 0.296. The zero-order chi connectivity index (χ0) is 25.0. The maximum Gasteiger partial charge on any atom is 0.244 e. The van der Waals surface area contributed by atoms with Gasteiger partial charge in [0.25, 0.3) is 0 Å². The van der Waals surface area contributed by atoms with Crippen LogP contribution in [0.3, 0.4) is 0 Å². The van der Waals surface area contributed by atoms with Gasteiger partial charge in [-0.2, -0.15) is 4.31 Å². The van der Waals surface area contributed by atoms with Crippen LogP contribution < -0.4 is 5.32 Å². The summed E-state index contributed by atoms with van der Waals surface area (Å²) in [6.07, 6.45) is 0. The third-order valence-electron chi connectivity index (χ3n) is 5.75. The molecule has 1 N–H and O–H groups in total. The molecule has 0 aliphatic rings. The third-order valence-corrected chi connectivity index (χ3v) is 8.10. The summed E-state index contributed by atoms with van der Waals surface area (Å²) in [5, 5.41) is 3.53. The molecule has 1 amide bonds. The van der Waals surface area contributed by atoms with Crippen LogP contribution in [-0.4, -0.2) is 25.2 Å². The molecule has 0 aliphatic carbocycles. The quantitative estimate of drug-likeness (QED) is 0.437. The Hall–Kier alpha value is -2.67. The van der Waals surface area contributed by atoms with Crippen LogP contribution in [0.5, 0.6) is 0 Å². The number of carbonyl (C=O) groups excluding carboxylic acids is 1. The van der Waals surface area contributed by atoms with E-state index in [1.165, 1.54) is 4.31 Å². The summed E-state index contributed by atoms with van der Waals surface area (Å²) in [5.41, 5.74) is 5.11. The zero-order valence-electron chi connectivity index (χ0n) is 20.2. The van der Waals surface area contributed by atoms with E-state index in [2.05, 4.69) is 5.32 Å². The highest BCUT2D eigenvalue weighted by atomic mass is 35.5. The van der Waals surface area contributed by atoms with Crippen LogP contribution in [0.1, 0.15) is 46.3 Å². The van der Waals surface area contributed by atoms with Gasteiger partial charge in [-0.3, -0.25) is 4.79 Å². The first kappa shape index (κ1) is 25.9. The molecule has 34 heavy (non-hydrogen) atoms. The van der Waals surface area contributed by atoms with Crippen molar-refractivity contribution in [3.63, 3.8) is 0 Å². The fourth-order valence-electron chi connectivity index (χ4n) is 4.11. The maximum absolute atomic E-state index is 13.8. The zero-order valence-corrected chi connectivity index (χ0v) is 21.8. The Kier molecular flexibility index (Phi) is 8.18. The van der Waals surface area contributed by atoms with Crippen LogP contribution in [0.25, 0.3) is 0 Å². The normalized spacial score (nSPS) is 12.6. The minimum absolute atomic E-state index is 0.0954. The molecular weight excluding hydrogens is 468 g/mol. The van der Waals surface area contributed by atoms with Crippen molar-refractivity contribution in [1.29, 1.82) is 0 Å². The maximum atomic E-state index is 13.8. The van der Waals surface area contributed by atoms with Gasteiger partial charge in [0, 0.05) is 11.6 Å². The van der Waals surface area contributed by atoms with Crippen molar-refractivity contribution in [1.82, 2.24) is 9.62 Å². The predicted octanol–water partition coefficient (Wildman–Crippen LogP) is 5.64. The predicted molar refractivity (Wildman–Crippen MR) is 137 cm³/mol. The molecule has 3 aromatic rings. The molecule has 0 saturated heterocycles. The lowest BCUT2D eigenvalue weighted by atomic mass is 10.1. The molecule has 3 aromatic carbocycles. The lowest BCUT2D eigenvalue weighted by molar-refractivity contribution is -0.122. The number of rotatable bonds is 8. The van der Waals surface area contributed by atoms with Crippen molar-refractivity contribution in [2.24, 2.45) is 0 Å². The van der Waals surface area contributed by atoms with Crippen molar-refractivity contribution < 1.29 is 13.2 Å². The van der Waals surface area contributed by atoms with Gasteiger partial charge in [0.05, 0.1) is 17.5 Å². The topological polar surface area (TPSA) is 66.5 Å². The van der Waals surface area contributed by atoms with Gasteiger partial charge in [-0.25, -0.2) is 8.42 Å². The number of nitrogens with zero attached hydrogens (tertiary/aromatic N) is 1. The first-order valence-electron chi connectivity index (χ1n) is 11.2. The van der Waals surface area contributed by atoms with Crippen LogP contribution in [0.15, 0.2) is 65.6 Å². The minimum Gasteiger partial charge on any atom is -0.348 e. The summed E-state index contributed by atoms with van der Waals surface area (Å²) in [7, 11) is -3.93. The van der Waals surface area contributed by atoms with E-state index in [0.717, 1.165) is 22.3 Å². The second-order valence-corrected chi connectivity index (χ2v) is 11.1. The molecule has 5 nitrogen and oxygen atoms in total. The van der Waals surface area contributed by atoms with Crippen LogP contribution in [0.2, 0.25) is 5.02 Å². The Labute approximate surface area is 207 Å². The van der Waals surface area contributed by atoms with Crippen molar-refractivity contribution in [3.8, 4) is 0 Å². The molecular formula is C27H31ClN2O3S. The van der Waals surface area contributed by atoms with E-state index in [-0.39, 0.29) is 29.9 Å². The highest BCUT2D eigenvalue weighted by Crippen LogP contribution is 2.27. The van der Waals surface area contributed by atoms with Crippen LogP contribution >= 0.6 is 11.6 Å². The standard InChI is InChI=1S/C27H31ClN2O3S/c1-18-6-8-23(9-7-18)16-30(34(32,33)27-20(3)14-19(2)15-21(27)4)17-26(31)29-22(5)24-10-12-25(28)13-11-24/h6-15,22H,16-17H2,1-5H3,(H,29,31)/t22-/m0/s1. The van der Waals surface area contributed by atoms with Gasteiger partial charge in [0.15, 0.2) is 0 Å². The summed E-state index contributed by atoms with van der Waals surface area (Å²) >= 11 is 5.96. The molecule has 0 radical (unpaired) electrons. The van der Waals surface area contributed by atoms with E-state index in [0.29, 0.717) is 16.1 Å². The Morgan fingerprint density at radius 1 is 0.912 bits per heavy atom. The van der Waals surface area contributed by atoms with E-state index in [1.54, 1.807) is 26.0 Å². The first-order valence-corrected chi connectivity index (χ1v) is 13.0. The van der Waals surface area contributed by atoms with E-state index in [9.17, 15) is 13.2 Å². The van der Waals surface area contributed by atoms with Gasteiger partial charge in [-0.15, -0.1) is 0 Å². The number of aryl methyl sites for hydroxylation is 4. The SMILES string of the molecule is Cc1ccc(CN(CC(=O)N[C@@H](C)c2ccc(Cl)cc2)S(=O)(=O)c2c(C)cc(C)cc2C)cc1. The molecule has 0 bridgehead atoms. The highest BCUT2D eigenvalue weighted by molar-refractivity contribution is 7.89. The van der Waals surface area contributed by atoms with E-state index in [1.807, 2.05) is 69.3 Å². The average Bonchev–Trinajstić information content (AvgIpc) is 2.74. The van der Waals surface area contributed by atoms with Gasteiger partial charge < -0.3 is 5.32 Å². The summed E-state index contributed by atoms with van der Waals surface area (Å²) in [5.74, 6) is -0.374. The molecule has 0 unspecified atom stereocenters. The second kappa shape index (κ2) is 10.7. The first-order chi connectivity index (χ1) is 16.0. The molecule has 7 heteroatoms. The number of amides is 1. The van der Waals surface area contributed by atoms with Crippen molar-refractivity contribution in [2.75, 3.05) is 6.54 Å². The van der Waals surface area contributed by atoms with Gasteiger partial charge in [-0.05, 0) is 69.0 Å². The molecule has 0 aromatic heterocycles.